The lowest BCUT2D eigenvalue weighted by Gasteiger charge is -2.22. The van der Waals surface area contributed by atoms with Gasteiger partial charge in [-0.3, -0.25) is 0 Å². The van der Waals surface area contributed by atoms with Crippen LogP contribution in [0.4, 0.5) is 5.82 Å². The van der Waals surface area contributed by atoms with Crippen LogP contribution in [-0.4, -0.2) is 9.55 Å². The Hall–Kier alpha value is -4.15. The van der Waals surface area contributed by atoms with E-state index in [2.05, 4.69) is 90.4 Å². The second-order valence-corrected chi connectivity index (χ2v) is 9.10. The van der Waals surface area contributed by atoms with Crippen molar-refractivity contribution < 1.29 is 0 Å². The second-order valence-electron chi connectivity index (χ2n) is 9.10. The summed E-state index contributed by atoms with van der Waals surface area (Å²) in [5.41, 5.74) is 10.3. The first-order valence-electron chi connectivity index (χ1n) is 10.7. The Kier molecular flexibility index (Phi) is 3.60. The lowest BCUT2D eigenvalue weighted by molar-refractivity contribution is 0.658. The minimum Gasteiger partial charge on any atom is -0.358 e. The normalized spacial score (nSPS) is 16.5. The van der Waals surface area contributed by atoms with Gasteiger partial charge in [0.15, 0.2) is 0 Å². The molecule has 0 bridgehead atoms. The van der Waals surface area contributed by atoms with E-state index in [1.165, 1.54) is 44.5 Å². The van der Waals surface area contributed by atoms with Gasteiger partial charge in [0.1, 0.15) is 11.8 Å². The fraction of sp³-hybridized carbons (Fsp3) is 0.179. The zero-order valence-corrected chi connectivity index (χ0v) is 18.1. The van der Waals surface area contributed by atoms with Crippen LogP contribution in [-0.2, 0) is 12.5 Å². The number of hydrogen-bond acceptors (Lipinski definition) is 2. The highest BCUT2D eigenvalue weighted by Gasteiger charge is 2.41. The maximum Gasteiger partial charge on any atom is 0.306 e. The van der Waals surface area contributed by atoms with Crippen molar-refractivity contribution in [2.75, 3.05) is 0 Å². The number of rotatable bonds is 1. The molecule has 0 saturated carbocycles. The number of nitrogens with zero attached hydrogens (tertiary/aromatic N) is 4. The Labute approximate surface area is 187 Å². The Bertz CT molecular complexity index is 1540. The van der Waals surface area contributed by atoms with E-state index in [1.807, 2.05) is 7.05 Å². The molecule has 152 valence electrons. The van der Waals surface area contributed by atoms with Gasteiger partial charge in [-0.1, -0.05) is 75.0 Å². The number of nitriles is 1. The number of benzene rings is 3. The maximum absolute atomic E-state index is 9.62. The largest absolute Gasteiger partial charge is 0.358 e. The highest BCUT2D eigenvalue weighted by molar-refractivity contribution is 5.89. The van der Waals surface area contributed by atoms with Crippen LogP contribution in [0, 0.1) is 17.9 Å². The third-order valence-corrected chi connectivity index (χ3v) is 7.21. The molecule has 2 aliphatic carbocycles. The molecule has 0 radical (unpaired) electrons. The van der Waals surface area contributed by atoms with Gasteiger partial charge in [-0.15, -0.1) is 4.98 Å². The molecule has 32 heavy (non-hydrogen) atoms. The Morgan fingerprint density at radius 3 is 2.38 bits per heavy atom. The van der Waals surface area contributed by atoms with E-state index < -0.39 is 0 Å². The van der Waals surface area contributed by atoms with Crippen LogP contribution in [0.3, 0.4) is 0 Å². The molecular weight excluding hydrogens is 392 g/mol. The number of aromatic nitrogens is 2. The lowest BCUT2D eigenvalue weighted by atomic mass is 9.81. The standard InChI is InChI=1S/C28H20N4/c1-28(2)22-12-8-7-10-17(22)20-13-19-16-9-5-6-11-18(16)25(21(19)14-23(20)28)27-31-26(30-3)24(15-29)32(27)4/h5-14,25H,1-2,4H3. The predicted molar refractivity (Wildman–Crippen MR) is 125 cm³/mol. The van der Waals surface area contributed by atoms with Gasteiger partial charge in [0.25, 0.3) is 0 Å². The number of imidazole rings is 1. The molecule has 6 rings (SSSR count). The summed E-state index contributed by atoms with van der Waals surface area (Å²) >= 11 is 0. The molecule has 1 unspecified atom stereocenters. The Balaban J connectivity index is 1.67. The van der Waals surface area contributed by atoms with Gasteiger partial charge in [0.2, 0.25) is 5.82 Å². The summed E-state index contributed by atoms with van der Waals surface area (Å²) < 4.78 is 1.79. The summed E-state index contributed by atoms with van der Waals surface area (Å²) in [6.45, 7) is 12.1. The molecule has 0 aliphatic heterocycles. The fourth-order valence-electron chi connectivity index (χ4n) is 5.64. The number of fused-ring (bicyclic) bond motifs is 6. The average Bonchev–Trinajstić information content (AvgIpc) is 3.38. The number of hydrogen-bond donors (Lipinski definition) is 0. The molecule has 1 heterocycles. The van der Waals surface area contributed by atoms with E-state index in [9.17, 15) is 5.26 Å². The topological polar surface area (TPSA) is 46.0 Å². The summed E-state index contributed by atoms with van der Waals surface area (Å²) in [4.78, 5) is 8.14. The van der Waals surface area contributed by atoms with Crippen molar-refractivity contribution in [3.8, 4) is 28.3 Å². The minimum atomic E-state index is -0.112. The van der Waals surface area contributed by atoms with Gasteiger partial charge in [-0.05, 0) is 50.6 Å². The van der Waals surface area contributed by atoms with E-state index in [0.717, 1.165) is 5.82 Å². The molecule has 4 heteroatoms. The first-order chi connectivity index (χ1) is 15.5. The SMILES string of the molecule is [C-]#[N+]c1nc(C2c3ccccc3-c3cc4c(cc32)C(C)(C)c2ccccc2-4)n(C)c1C#N. The second kappa shape index (κ2) is 6.19. The van der Waals surface area contributed by atoms with E-state index in [4.69, 9.17) is 6.57 Å². The van der Waals surface area contributed by atoms with E-state index in [-0.39, 0.29) is 17.2 Å². The van der Waals surface area contributed by atoms with Crippen LogP contribution in [0.25, 0.3) is 27.1 Å². The third-order valence-electron chi connectivity index (χ3n) is 7.21. The first-order valence-corrected chi connectivity index (χ1v) is 10.7. The molecule has 1 aromatic heterocycles. The molecule has 4 nitrogen and oxygen atoms in total. The minimum absolute atomic E-state index is 0.0958. The van der Waals surface area contributed by atoms with Crippen LogP contribution < -0.4 is 0 Å². The molecule has 0 amide bonds. The molecule has 0 spiro atoms. The van der Waals surface area contributed by atoms with Crippen LogP contribution in [0.5, 0.6) is 0 Å². The molecule has 3 aromatic carbocycles. The van der Waals surface area contributed by atoms with Gasteiger partial charge < -0.3 is 9.41 Å². The van der Waals surface area contributed by atoms with Crippen LogP contribution in [0.2, 0.25) is 0 Å². The monoisotopic (exact) mass is 412 g/mol. The molecular formula is C28H20N4. The summed E-state index contributed by atoms with van der Waals surface area (Å²) in [5.74, 6) is 0.801. The Morgan fingerprint density at radius 1 is 0.938 bits per heavy atom. The average molecular weight is 412 g/mol. The van der Waals surface area contributed by atoms with Gasteiger partial charge >= 0.3 is 5.82 Å². The summed E-state index contributed by atoms with van der Waals surface area (Å²) in [5, 5.41) is 9.62. The molecule has 0 N–H and O–H groups in total. The summed E-state index contributed by atoms with van der Waals surface area (Å²) in [6.07, 6.45) is 0. The van der Waals surface area contributed by atoms with Gasteiger partial charge in [0, 0.05) is 12.5 Å². The molecule has 0 fully saturated rings. The van der Waals surface area contributed by atoms with Crippen molar-refractivity contribution in [3.63, 3.8) is 0 Å². The van der Waals surface area contributed by atoms with Crippen molar-refractivity contribution in [2.24, 2.45) is 7.05 Å². The predicted octanol–water partition coefficient (Wildman–Crippen LogP) is 6.31. The van der Waals surface area contributed by atoms with Crippen molar-refractivity contribution in [1.82, 2.24) is 9.55 Å². The first kappa shape index (κ1) is 18.6. The van der Waals surface area contributed by atoms with Crippen LogP contribution >= 0.6 is 0 Å². The van der Waals surface area contributed by atoms with Crippen molar-refractivity contribution in [2.45, 2.75) is 25.2 Å². The molecule has 2 aliphatic rings. The van der Waals surface area contributed by atoms with Crippen molar-refractivity contribution in [3.05, 3.63) is 106 Å². The Morgan fingerprint density at radius 2 is 1.66 bits per heavy atom. The van der Waals surface area contributed by atoms with Crippen LogP contribution in [0.1, 0.15) is 53.5 Å². The summed E-state index contributed by atoms with van der Waals surface area (Å²) in [7, 11) is 1.84. The molecule has 0 saturated heterocycles. The third kappa shape index (κ3) is 2.17. The molecule has 1 atom stereocenters. The zero-order chi connectivity index (χ0) is 22.2. The molecule has 4 aromatic rings. The highest BCUT2D eigenvalue weighted by atomic mass is 15.1. The van der Waals surface area contributed by atoms with Gasteiger partial charge in [-0.25, -0.2) is 0 Å². The van der Waals surface area contributed by atoms with E-state index in [1.54, 1.807) is 4.57 Å². The van der Waals surface area contributed by atoms with Crippen molar-refractivity contribution in [1.29, 1.82) is 5.26 Å². The maximum atomic E-state index is 9.62. The lowest BCUT2D eigenvalue weighted by Crippen LogP contribution is -2.16. The quantitative estimate of drug-likeness (QED) is 0.303. The summed E-state index contributed by atoms with van der Waals surface area (Å²) in [6, 6.07) is 23.9. The fourth-order valence-corrected chi connectivity index (χ4v) is 5.64. The van der Waals surface area contributed by atoms with E-state index in [0.29, 0.717) is 5.69 Å². The van der Waals surface area contributed by atoms with Gasteiger partial charge in [0.05, 0.1) is 5.92 Å². The smallest absolute Gasteiger partial charge is 0.306 e. The van der Waals surface area contributed by atoms with E-state index >= 15 is 0 Å². The van der Waals surface area contributed by atoms with Gasteiger partial charge in [-0.2, -0.15) is 5.26 Å². The van der Waals surface area contributed by atoms with Crippen molar-refractivity contribution >= 4 is 5.82 Å². The zero-order valence-electron chi connectivity index (χ0n) is 18.1. The highest BCUT2D eigenvalue weighted by Crippen LogP contribution is 2.55. The van der Waals surface area contributed by atoms with Crippen LogP contribution in [0.15, 0.2) is 60.7 Å².